The first-order valence-corrected chi connectivity index (χ1v) is 4.21. The molecule has 0 bridgehead atoms. The summed E-state index contributed by atoms with van der Waals surface area (Å²) in [7, 11) is 3.67. The number of rotatable bonds is 3. The Morgan fingerprint density at radius 1 is 1.38 bits per heavy atom. The number of nitrogens with zero attached hydrogens (tertiary/aromatic N) is 3. The summed E-state index contributed by atoms with van der Waals surface area (Å²) in [4.78, 5) is 5.87. The van der Waals surface area contributed by atoms with Crippen LogP contribution >= 0.6 is 0 Å². The minimum Gasteiger partial charge on any atom is -0.393 e. The van der Waals surface area contributed by atoms with Crippen molar-refractivity contribution in [1.29, 1.82) is 0 Å². The highest BCUT2D eigenvalue weighted by atomic mass is 16.5. The van der Waals surface area contributed by atoms with Crippen LogP contribution in [0.4, 0.5) is 5.95 Å². The van der Waals surface area contributed by atoms with E-state index >= 15 is 0 Å². The molecule has 13 heavy (non-hydrogen) atoms. The van der Waals surface area contributed by atoms with Crippen LogP contribution in [0.5, 0.6) is 0 Å². The van der Waals surface area contributed by atoms with Crippen molar-refractivity contribution in [2.24, 2.45) is 0 Å². The largest absolute Gasteiger partial charge is 0.393 e. The summed E-state index contributed by atoms with van der Waals surface area (Å²) in [6.45, 7) is 3.54. The van der Waals surface area contributed by atoms with Crippen LogP contribution in [0.15, 0.2) is 4.52 Å². The first-order valence-electron chi connectivity index (χ1n) is 4.21. The molecule has 2 unspecified atom stereocenters. The molecule has 1 N–H and O–H groups in total. The molecule has 0 fully saturated rings. The Labute approximate surface area is 77.4 Å². The molecule has 0 aromatic carbocycles. The summed E-state index contributed by atoms with van der Waals surface area (Å²) < 4.78 is 4.99. The van der Waals surface area contributed by atoms with Crippen molar-refractivity contribution in [2.75, 3.05) is 19.0 Å². The lowest BCUT2D eigenvalue weighted by molar-refractivity contribution is 0.151. The lowest BCUT2D eigenvalue weighted by Crippen LogP contribution is -2.13. The zero-order valence-electron chi connectivity index (χ0n) is 8.35. The van der Waals surface area contributed by atoms with Crippen molar-refractivity contribution in [2.45, 2.75) is 25.9 Å². The van der Waals surface area contributed by atoms with Crippen LogP contribution < -0.4 is 4.90 Å². The molecule has 0 amide bonds. The molecule has 1 aromatic heterocycles. The monoisotopic (exact) mass is 185 g/mol. The second-order valence-electron chi connectivity index (χ2n) is 3.36. The third-order valence-corrected chi connectivity index (χ3v) is 1.94. The SMILES string of the molecule is CC(O)C(C)c1nc(N(C)C)no1. The fourth-order valence-electron chi connectivity index (χ4n) is 0.800. The van der Waals surface area contributed by atoms with Crippen LogP contribution in [-0.4, -0.2) is 35.4 Å². The van der Waals surface area contributed by atoms with Crippen LogP contribution in [-0.2, 0) is 0 Å². The Hall–Kier alpha value is -1.10. The van der Waals surface area contributed by atoms with E-state index < -0.39 is 6.10 Å². The molecule has 5 heteroatoms. The highest BCUT2D eigenvalue weighted by molar-refractivity contribution is 5.24. The van der Waals surface area contributed by atoms with Crippen molar-refractivity contribution in [3.63, 3.8) is 0 Å². The smallest absolute Gasteiger partial charge is 0.265 e. The van der Waals surface area contributed by atoms with Crippen molar-refractivity contribution < 1.29 is 9.63 Å². The topological polar surface area (TPSA) is 62.4 Å². The van der Waals surface area contributed by atoms with Crippen LogP contribution in [0.3, 0.4) is 0 Å². The molecular weight excluding hydrogens is 170 g/mol. The zero-order valence-corrected chi connectivity index (χ0v) is 8.35. The van der Waals surface area contributed by atoms with Gasteiger partial charge in [0.2, 0.25) is 5.89 Å². The van der Waals surface area contributed by atoms with Gasteiger partial charge in [0, 0.05) is 14.1 Å². The third-order valence-electron chi connectivity index (χ3n) is 1.94. The van der Waals surface area contributed by atoms with Gasteiger partial charge in [-0.05, 0) is 12.1 Å². The molecule has 0 saturated heterocycles. The number of hydrogen-bond donors (Lipinski definition) is 1. The Balaban J connectivity index is 2.79. The van der Waals surface area contributed by atoms with Crippen LogP contribution in [0.1, 0.15) is 25.7 Å². The van der Waals surface area contributed by atoms with E-state index in [1.54, 1.807) is 11.8 Å². The van der Waals surface area contributed by atoms with Gasteiger partial charge < -0.3 is 14.5 Å². The number of aliphatic hydroxyl groups is 1. The van der Waals surface area contributed by atoms with Crippen LogP contribution in [0, 0.1) is 0 Å². The fourth-order valence-corrected chi connectivity index (χ4v) is 0.800. The lowest BCUT2D eigenvalue weighted by atomic mass is 10.1. The average Bonchev–Trinajstić information content (AvgIpc) is 2.50. The van der Waals surface area contributed by atoms with Crippen molar-refractivity contribution in [3.05, 3.63) is 5.89 Å². The van der Waals surface area contributed by atoms with Crippen LogP contribution in [0.2, 0.25) is 0 Å². The molecule has 0 aliphatic heterocycles. The Morgan fingerprint density at radius 2 is 2.00 bits per heavy atom. The summed E-state index contributed by atoms with van der Waals surface area (Å²) in [5, 5.41) is 13.0. The third kappa shape index (κ3) is 2.18. The molecule has 0 saturated carbocycles. The first-order chi connectivity index (χ1) is 6.02. The summed E-state index contributed by atoms with van der Waals surface area (Å²) >= 11 is 0. The fraction of sp³-hybridized carbons (Fsp3) is 0.750. The molecule has 1 aromatic rings. The van der Waals surface area contributed by atoms with Crippen molar-refractivity contribution >= 4 is 5.95 Å². The number of aromatic nitrogens is 2. The van der Waals surface area contributed by atoms with Gasteiger partial charge in [0.05, 0.1) is 12.0 Å². The van der Waals surface area contributed by atoms with Crippen molar-refractivity contribution in [1.82, 2.24) is 10.1 Å². The van der Waals surface area contributed by atoms with Gasteiger partial charge in [0.1, 0.15) is 0 Å². The predicted molar refractivity (Wildman–Crippen MR) is 48.7 cm³/mol. The molecule has 0 aliphatic rings. The second-order valence-corrected chi connectivity index (χ2v) is 3.36. The quantitative estimate of drug-likeness (QED) is 0.748. The molecule has 0 radical (unpaired) electrons. The van der Waals surface area contributed by atoms with Gasteiger partial charge in [-0.3, -0.25) is 0 Å². The Kier molecular flexibility index (Phi) is 2.87. The van der Waals surface area contributed by atoms with E-state index in [4.69, 9.17) is 4.52 Å². The number of anilines is 1. The lowest BCUT2D eigenvalue weighted by Gasteiger charge is -2.08. The maximum atomic E-state index is 9.28. The van der Waals surface area contributed by atoms with Gasteiger partial charge in [-0.1, -0.05) is 6.92 Å². The molecule has 2 atom stereocenters. The molecule has 0 spiro atoms. The van der Waals surface area contributed by atoms with Gasteiger partial charge in [0.15, 0.2) is 0 Å². The van der Waals surface area contributed by atoms with Gasteiger partial charge in [-0.25, -0.2) is 0 Å². The van der Waals surface area contributed by atoms with Gasteiger partial charge in [-0.2, -0.15) is 4.98 Å². The minimum absolute atomic E-state index is 0.124. The molecule has 5 nitrogen and oxygen atoms in total. The number of aliphatic hydroxyl groups excluding tert-OH is 1. The Bertz CT molecular complexity index is 270. The molecular formula is C8H15N3O2. The van der Waals surface area contributed by atoms with Gasteiger partial charge in [0.25, 0.3) is 5.95 Å². The summed E-state index contributed by atoms with van der Waals surface area (Å²) in [5.74, 6) is 0.877. The van der Waals surface area contributed by atoms with Crippen molar-refractivity contribution in [3.8, 4) is 0 Å². The van der Waals surface area contributed by atoms with E-state index in [0.717, 1.165) is 0 Å². The van der Waals surface area contributed by atoms with Gasteiger partial charge >= 0.3 is 0 Å². The predicted octanol–water partition coefficient (Wildman–Crippen LogP) is 0.620. The maximum Gasteiger partial charge on any atom is 0.265 e. The zero-order chi connectivity index (χ0) is 10.0. The summed E-state index contributed by atoms with van der Waals surface area (Å²) in [6.07, 6.45) is -0.476. The molecule has 1 heterocycles. The maximum absolute atomic E-state index is 9.28. The highest BCUT2D eigenvalue weighted by Gasteiger charge is 2.19. The van der Waals surface area contributed by atoms with E-state index in [1.165, 1.54) is 0 Å². The molecule has 74 valence electrons. The highest BCUT2D eigenvalue weighted by Crippen LogP contribution is 2.18. The number of hydrogen-bond acceptors (Lipinski definition) is 5. The molecule has 0 aliphatic carbocycles. The summed E-state index contributed by atoms with van der Waals surface area (Å²) in [6, 6.07) is 0. The average molecular weight is 185 g/mol. The van der Waals surface area contributed by atoms with E-state index in [9.17, 15) is 5.11 Å². The van der Waals surface area contributed by atoms with Gasteiger partial charge in [-0.15, -0.1) is 0 Å². The first kappa shape index (κ1) is 9.98. The van der Waals surface area contributed by atoms with E-state index in [0.29, 0.717) is 11.8 Å². The van der Waals surface area contributed by atoms with E-state index in [-0.39, 0.29) is 5.92 Å². The second kappa shape index (κ2) is 3.74. The minimum atomic E-state index is -0.476. The Morgan fingerprint density at radius 3 is 2.38 bits per heavy atom. The van der Waals surface area contributed by atoms with Crippen LogP contribution in [0.25, 0.3) is 0 Å². The summed E-state index contributed by atoms with van der Waals surface area (Å²) in [5.41, 5.74) is 0. The molecule has 1 rings (SSSR count). The normalized spacial score (nSPS) is 15.5. The van der Waals surface area contributed by atoms with E-state index in [1.807, 2.05) is 21.0 Å². The van der Waals surface area contributed by atoms with E-state index in [2.05, 4.69) is 10.1 Å². The standard InChI is InChI=1S/C8H15N3O2/c1-5(6(2)12)7-9-8(10-13-7)11(3)4/h5-6,12H,1-4H3.